The Labute approximate surface area is 184 Å². The number of hydrogen-bond donors (Lipinski definition) is 0. The molecule has 0 fully saturated rings. The number of ketones is 2. The fourth-order valence-electron chi connectivity index (χ4n) is 2.69. The van der Waals surface area contributed by atoms with Crippen LogP contribution in [0, 0.1) is 0 Å². The maximum atomic E-state index is 12.4. The van der Waals surface area contributed by atoms with Crippen molar-refractivity contribution in [2.24, 2.45) is 4.99 Å². The van der Waals surface area contributed by atoms with Crippen LogP contribution in [0.2, 0.25) is 0 Å². The third kappa shape index (κ3) is 4.63. The van der Waals surface area contributed by atoms with Crippen LogP contribution >= 0.6 is 37.5 Å². The van der Waals surface area contributed by atoms with E-state index in [1.54, 1.807) is 24.3 Å². The van der Waals surface area contributed by atoms with Gasteiger partial charge in [0.15, 0.2) is 18.2 Å². The highest BCUT2D eigenvalue weighted by Crippen LogP contribution is 2.45. The molecule has 1 heterocycles. The summed E-state index contributed by atoms with van der Waals surface area (Å²) in [6, 6.07) is 14.6. The molecule has 0 unspecified atom stereocenters. The number of halogens is 1. The van der Waals surface area contributed by atoms with Crippen molar-refractivity contribution in [1.82, 2.24) is 0 Å². The number of nitrogens with zero attached hydrogens (tertiary/aromatic N) is 1. The summed E-state index contributed by atoms with van der Waals surface area (Å²) in [4.78, 5) is 29.1. The second-order valence-corrected chi connectivity index (χ2v) is 9.12. The quantitative estimate of drug-likeness (QED) is 0.307. The largest absolute Gasteiger partial charge is 0.485 e. The first-order valence-corrected chi connectivity index (χ1v) is 11.6. The Balaban J connectivity index is 1.54. The summed E-state index contributed by atoms with van der Waals surface area (Å²) in [5.74, 6) is 0.432. The Morgan fingerprint density at radius 3 is 2.55 bits per heavy atom. The third-order valence-corrected chi connectivity index (χ3v) is 6.91. The summed E-state index contributed by atoms with van der Waals surface area (Å²) in [6.07, 6.45) is 6.85. The zero-order valence-corrected chi connectivity index (χ0v) is 18.2. The molecule has 0 amide bonds. The number of aliphatic imine (C=N–C) groups is 1. The number of para-hydroxylation sites is 1. The lowest BCUT2D eigenvalue weighted by Crippen LogP contribution is -2.12. The van der Waals surface area contributed by atoms with Crippen LogP contribution in [0.3, 0.4) is 0 Å². The summed E-state index contributed by atoms with van der Waals surface area (Å²) >= 11 is 3.36. The molecule has 0 spiro atoms. The van der Waals surface area contributed by atoms with Gasteiger partial charge >= 0.3 is 0 Å². The summed E-state index contributed by atoms with van der Waals surface area (Å²) < 4.78 is 6.74. The second kappa shape index (κ2) is 8.98. The number of carbonyl (C=O) groups is 2. The monoisotopic (exact) mass is 483 g/mol. The van der Waals surface area contributed by atoms with E-state index in [0.717, 1.165) is 15.1 Å². The van der Waals surface area contributed by atoms with Gasteiger partial charge in [-0.05, 0) is 58.0 Å². The molecule has 0 bridgehead atoms. The second-order valence-electron chi connectivity index (χ2n) is 6.10. The Morgan fingerprint density at radius 2 is 1.76 bits per heavy atom. The topological polar surface area (TPSA) is 55.7 Å². The summed E-state index contributed by atoms with van der Waals surface area (Å²) in [6.45, 7) is -0.0658. The smallest absolute Gasteiger partial charge is 0.200 e. The fraction of sp³-hybridized carbons (Fsp3) is 0.0455. The average Bonchev–Trinajstić information content (AvgIpc) is 3.23. The van der Waals surface area contributed by atoms with E-state index < -0.39 is 0 Å². The lowest BCUT2D eigenvalue weighted by atomic mass is 10.1. The average molecular weight is 484 g/mol. The van der Waals surface area contributed by atoms with Crippen LogP contribution in [-0.4, -0.2) is 23.2 Å². The van der Waals surface area contributed by atoms with Gasteiger partial charge < -0.3 is 4.74 Å². The highest BCUT2D eigenvalue weighted by molar-refractivity contribution is 9.10. The summed E-state index contributed by atoms with van der Waals surface area (Å²) in [5, 5.41) is 1.43. The van der Waals surface area contributed by atoms with E-state index in [-0.39, 0.29) is 18.2 Å². The van der Waals surface area contributed by atoms with Gasteiger partial charge in [0.05, 0.1) is 5.57 Å². The number of allylic oxidation sites excluding steroid dienone is 5. The number of rotatable bonds is 5. The van der Waals surface area contributed by atoms with Crippen molar-refractivity contribution in [3.05, 3.63) is 99.0 Å². The highest BCUT2D eigenvalue weighted by atomic mass is 79.9. The van der Waals surface area contributed by atoms with Crippen LogP contribution in [0.15, 0.2) is 92.9 Å². The Hall–Kier alpha value is -2.35. The van der Waals surface area contributed by atoms with Crippen LogP contribution in [0.25, 0.3) is 0 Å². The van der Waals surface area contributed by atoms with E-state index in [4.69, 9.17) is 4.74 Å². The lowest BCUT2D eigenvalue weighted by Gasteiger charge is -2.10. The molecule has 2 aromatic rings. The Bertz CT molecular complexity index is 1100. The maximum Gasteiger partial charge on any atom is 0.200 e. The zero-order valence-electron chi connectivity index (χ0n) is 15.0. The predicted molar refractivity (Wildman–Crippen MR) is 122 cm³/mol. The van der Waals surface area contributed by atoms with Gasteiger partial charge in [0, 0.05) is 15.6 Å². The normalized spacial score (nSPS) is 18.1. The maximum absolute atomic E-state index is 12.4. The van der Waals surface area contributed by atoms with Crippen molar-refractivity contribution in [2.75, 3.05) is 6.61 Å². The molecule has 0 aromatic heterocycles. The van der Waals surface area contributed by atoms with E-state index in [9.17, 15) is 9.59 Å². The first-order valence-electron chi connectivity index (χ1n) is 8.69. The van der Waals surface area contributed by atoms with Crippen molar-refractivity contribution in [1.29, 1.82) is 0 Å². The van der Waals surface area contributed by atoms with Crippen LogP contribution < -0.4 is 4.74 Å². The first kappa shape index (κ1) is 19.9. The van der Waals surface area contributed by atoms with Crippen molar-refractivity contribution < 1.29 is 14.3 Å². The summed E-state index contributed by atoms with van der Waals surface area (Å²) in [7, 11) is 2.92. The third-order valence-electron chi connectivity index (χ3n) is 4.16. The molecular formula is C22H14BrNO3S2. The number of ether oxygens (including phenoxy) is 1. The molecular weight excluding hydrogens is 470 g/mol. The highest BCUT2D eigenvalue weighted by Gasteiger charge is 2.23. The van der Waals surface area contributed by atoms with E-state index in [1.807, 2.05) is 42.5 Å². The van der Waals surface area contributed by atoms with Crippen LogP contribution in [0.4, 0.5) is 0 Å². The van der Waals surface area contributed by atoms with Gasteiger partial charge in [-0.25, -0.2) is 4.99 Å². The molecule has 29 heavy (non-hydrogen) atoms. The first-order chi connectivity index (χ1) is 14.1. The fourth-order valence-corrected chi connectivity index (χ4v) is 5.18. The van der Waals surface area contributed by atoms with E-state index >= 15 is 0 Å². The van der Waals surface area contributed by atoms with Gasteiger partial charge in [0.1, 0.15) is 15.8 Å². The Kier molecular flexibility index (Phi) is 6.18. The molecule has 4 nitrogen and oxygen atoms in total. The van der Waals surface area contributed by atoms with Gasteiger partial charge in [-0.2, -0.15) is 0 Å². The van der Waals surface area contributed by atoms with E-state index in [1.165, 1.54) is 27.7 Å². The van der Waals surface area contributed by atoms with Gasteiger partial charge in [-0.15, -0.1) is 0 Å². The Morgan fingerprint density at radius 1 is 1.00 bits per heavy atom. The SMILES string of the molecule is O=C1C=CC=C/C1=C1\N=C(c2ccccc2OCC(=O)c2ccc(Br)cc2)SS1. The van der Waals surface area contributed by atoms with E-state index in [0.29, 0.717) is 21.9 Å². The molecule has 0 N–H and O–H groups in total. The number of hydrogen-bond acceptors (Lipinski definition) is 6. The molecule has 0 radical (unpaired) electrons. The number of Topliss-reactive ketones (excluding diaryl/α,β-unsaturated/α-hetero) is 1. The molecule has 4 rings (SSSR count). The molecule has 144 valence electrons. The van der Waals surface area contributed by atoms with Gasteiger partial charge in [0.25, 0.3) is 0 Å². The van der Waals surface area contributed by atoms with Crippen LogP contribution in [0.1, 0.15) is 15.9 Å². The van der Waals surface area contributed by atoms with Crippen molar-refractivity contribution in [3.8, 4) is 5.75 Å². The minimum atomic E-state index is -0.102. The number of carbonyl (C=O) groups excluding carboxylic acids is 2. The minimum Gasteiger partial charge on any atom is -0.485 e. The molecule has 0 atom stereocenters. The van der Waals surface area contributed by atoms with Crippen LogP contribution in [-0.2, 0) is 4.79 Å². The standard InChI is InChI=1S/C22H14BrNO3S2/c23-15-11-9-14(10-12-15)19(26)13-27-20-8-4-2-6-17(20)22-24-21(28-29-22)16-5-1-3-7-18(16)25/h1-12H,13H2/b21-16-. The molecule has 2 aliphatic rings. The molecule has 0 saturated carbocycles. The van der Waals surface area contributed by atoms with Crippen molar-refractivity contribution in [3.63, 3.8) is 0 Å². The van der Waals surface area contributed by atoms with Crippen molar-refractivity contribution >= 4 is 54.1 Å². The molecule has 0 saturated heterocycles. The van der Waals surface area contributed by atoms with Gasteiger partial charge in [-0.3, -0.25) is 9.59 Å². The van der Waals surface area contributed by atoms with Crippen molar-refractivity contribution in [2.45, 2.75) is 0 Å². The zero-order chi connectivity index (χ0) is 20.2. The predicted octanol–water partition coefficient (Wildman–Crippen LogP) is 5.76. The molecule has 1 aliphatic carbocycles. The van der Waals surface area contributed by atoms with Gasteiger partial charge in [0.2, 0.25) is 0 Å². The lowest BCUT2D eigenvalue weighted by molar-refractivity contribution is -0.111. The van der Waals surface area contributed by atoms with E-state index in [2.05, 4.69) is 20.9 Å². The van der Waals surface area contributed by atoms with Crippen LogP contribution in [0.5, 0.6) is 5.75 Å². The summed E-state index contributed by atoms with van der Waals surface area (Å²) in [5.41, 5.74) is 1.98. The van der Waals surface area contributed by atoms with Gasteiger partial charge in [-0.1, -0.05) is 52.3 Å². The number of benzene rings is 2. The minimum absolute atomic E-state index is 0.0507. The molecule has 7 heteroatoms. The molecule has 1 aliphatic heterocycles. The molecule has 2 aromatic carbocycles.